The number of thiophene rings is 1. The fourth-order valence-corrected chi connectivity index (χ4v) is 7.77. The highest BCUT2D eigenvalue weighted by atomic mass is 32.2. The lowest BCUT2D eigenvalue weighted by Gasteiger charge is -2.25. The van der Waals surface area contributed by atoms with Gasteiger partial charge < -0.3 is 25.6 Å². The van der Waals surface area contributed by atoms with Crippen LogP contribution < -0.4 is 16.0 Å². The molecule has 0 aliphatic carbocycles. The molecule has 13 nitrogen and oxygen atoms in total. The number of nitro groups is 1. The Morgan fingerprint density at radius 3 is 2.40 bits per heavy atom. The SMILES string of the molecule is CCOC(=O)c1c(NC(=O)C(CC)Sc2cccc(NC(=O)/C(=C\c3ccc([N+](=O)[O-])cc3)NC(=O)c3ccccc3)c2)sc2c1CCN(C(C)=O)C2. The molecule has 0 saturated heterocycles. The Balaban J connectivity index is 1.33. The molecule has 1 aliphatic rings. The molecule has 0 spiro atoms. The summed E-state index contributed by atoms with van der Waals surface area (Å²) in [5.74, 6) is -2.08. The van der Waals surface area contributed by atoms with Crippen molar-refractivity contribution in [3.8, 4) is 0 Å². The third-order valence-corrected chi connectivity index (χ3v) is 10.7. The standard InChI is InChI=1S/C38H37N5O8S2/c1-4-31(36(47)41-37-33(38(48)51-5-2)29-18-19-42(23(3)44)22-32(29)53-37)52-28-13-9-12-26(21-28)39-35(46)30(40-34(45)25-10-7-6-8-11-25)20-24-14-16-27(17-15-24)43(49)50/h6-17,20-21,31H,4-5,18-19,22H2,1-3H3,(H,39,46)(H,40,45)(H,41,47)/b30-20+. The molecule has 0 radical (unpaired) electrons. The fraction of sp³-hybridized carbons (Fsp3) is 0.237. The zero-order valence-corrected chi connectivity index (χ0v) is 30.8. The van der Waals surface area contributed by atoms with Crippen LogP contribution in [0, 0.1) is 10.1 Å². The maximum Gasteiger partial charge on any atom is 0.341 e. The van der Waals surface area contributed by atoms with Crippen molar-refractivity contribution in [2.75, 3.05) is 23.8 Å². The van der Waals surface area contributed by atoms with Gasteiger partial charge in [-0.3, -0.25) is 29.3 Å². The van der Waals surface area contributed by atoms with Crippen molar-refractivity contribution >= 4 is 75.1 Å². The summed E-state index contributed by atoms with van der Waals surface area (Å²) in [5.41, 5.74) is 2.06. The van der Waals surface area contributed by atoms with Crippen LogP contribution in [0.15, 0.2) is 89.5 Å². The largest absolute Gasteiger partial charge is 0.462 e. The Labute approximate surface area is 313 Å². The van der Waals surface area contributed by atoms with Crippen LogP contribution in [0.2, 0.25) is 0 Å². The quantitative estimate of drug-likeness (QED) is 0.0443. The predicted octanol–water partition coefficient (Wildman–Crippen LogP) is 6.66. The number of ether oxygens (including phenoxy) is 1. The van der Waals surface area contributed by atoms with Crippen LogP contribution in [0.1, 0.15) is 63.9 Å². The average Bonchev–Trinajstić information content (AvgIpc) is 3.51. The first-order chi connectivity index (χ1) is 25.5. The second kappa shape index (κ2) is 17.6. The first-order valence-electron chi connectivity index (χ1n) is 16.8. The first-order valence-corrected chi connectivity index (χ1v) is 18.5. The van der Waals surface area contributed by atoms with Gasteiger partial charge in [0, 0.05) is 46.6 Å². The van der Waals surface area contributed by atoms with E-state index in [-0.39, 0.29) is 29.8 Å². The number of amides is 4. The summed E-state index contributed by atoms with van der Waals surface area (Å²) in [6.45, 7) is 6.06. The molecule has 0 saturated carbocycles. The van der Waals surface area contributed by atoms with Crippen LogP contribution in [-0.4, -0.2) is 57.8 Å². The van der Waals surface area contributed by atoms with Crippen molar-refractivity contribution in [3.05, 3.63) is 122 Å². The van der Waals surface area contributed by atoms with Gasteiger partial charge in [-0.2, -0.15) is 0 Å². The maximum atomic E-state index is 13.7. The van der Waals surface area contributed by atoms with Gasteiger partial charge in [-0.15, -0.1) is 23.1 Å². The minimum absolute atomic E-state index is 0.0677. The zero-order chi connectivity index (χ0) is 38.1. The van der Waals surface area contributed by atoms with Gasteiger partial charge in [0.1, 0.15) is 10.7 Å². The summed E-state index contributed by atoms with van der Waals surface area (Å²) in [5, 5.41) is 19.3. The number of non-ortho nitro benzene ring substituents is 1. The Bertz CT molecular complexity index is 2060. The molecular formula is C38H37N5O8S2. The Kier molecular flexibility index (Phi) is 12.8. The molecule has 15 heteroatoms. The monoisotopic (exact) mass is 755 g/mol. The van der Waals surface area contributed by atoms with E-state index in [1.807, 2.05) is 6.92 Å². The number of benzene rings is 3. The number of esters is 1. The van der Waals surface area contributed by atoms with Crippen molar-refractivity contribution in [1.29, 1.82) is 0 Å². The molecular weight excluding hydrogens is 719 g/mol. The molecule has 1 aromatic heterocycles. The molecule has 0 bridgehead atoms. The number of hydrogen-bond acceptors (Lipinski definition) is 10. The second-order valence-corrected chi connectivity index (χ2v) is 14.2. The van der Waals surface area contributed by atoms with E-state index < -0.39 is 28.0 Å². The molecule has 5 rings (SSSR count). The Morgan fingerprint density at radius 1 is 1.00 bits per heavy atom. The summed E-state index contributed by atoms with van der Waals surface area (Å²) in [7, 11) is 0. The van der Waals surface area contributed by atoms with Gasteiger partial charge in [0.2, 0.25) is 11.8 Å². The number of thioether (sulfide) groups is 1. The van der Waals surface area contributed by atoms with Gasteiger partial charge >= 0.3 is 5.97 Å². The number of fused-ring (bicyclic) bond motifs is 1. The number of nitrogens with one attached hydrogen (secondary N) is 3. The maximum absolute atomic E-state index is 13.7. The lowest BCUT2D eigenvalue weighted by Crippen LogP contribution is -2.34. The fourth-order valence-electron chi connectivity index (χ4n) is 5.51. The van der Waals surface area contributed by atoms with Crippen LogP contribution in [-0.2, 0) is 32.1 Å². The molecule has 4 amide bonds. The topological polar surface area (TPSA) is 177 Å². The van der Waals surface area contributed by atoms with Crippen LogP contribution in [0.4, 0.5) is 16.4 Å². The van der Waals surface area contributed by atoms with Crippen LogP contribution >= 0.6 is 23.1 Å². The molecule has 1 unspecified atom stereocenters. The van der Waals surface area contributed by atoms with E-state index in [0.717, 1.165) is 10.4 Å². The van der Waals surface area contributed by atoms with Crippen molar-refractivity contribution in [2.24, 2.45) is 0 Å². The molecule has 274 valence electrons. The minimum Gasteiger partial charge on any atom is -0.462 e. The van der Waals surface area contributed by atoms with Crippen molar-refractivity contribution in [2.45, 2.75) is 50.3 Å². The molecule has 0 fully saturated rings. The zero-order valence-electron chi connectivity index (χ0n) is 29.2. The van der Waals surface area contributed by atoms with Gasteiger partial charge in [-0.05, 0) is 79.4 Å². The molecule has 3 N–H and O–H groups in total. The van der Waals surface area contributed by atoms with E-state index in [0.29, 0.717) is 58.2 Å². The summed E-state index contributed by atoms with van der Waals surface area (Å²) in [4.78, 5) is 79.2. The van der Waals surface area contributed by atoms with Crippen LogP contribution in [0.25, 0.3) is 6.08 Å². The normalized spacial score (nSPS) is 13.0. The predicted molar refractivity (Wildman–Crippen MR) is 204 cm³/mol. The van der Waals surface area contributed by atoms with Gasteiger partial charge in [0.05, 0.1) is 28.9 Å². The minimum atomic E-state index is -0.643. The van der Waals surface area contributed by atoms with Gasteiger partial charge in [-0.1, -0.05) is 31.2 Å². The summed E-state index contributed by atoms with van der Waals surface area (Å²) < 4.78 is 5.33. The molecule has 1 aliphatic heterocycles. The molecule has 53 heavy (non-hydrogen) atoms. The highest BCUT2D eigenvalue weighted by molar-refractivity contribution is 8.00. The van der Waals surface area contributed by atoms with Crippen LogP contribution in [0.3, 0.4) is 0 Å². The molecule has 2 heterocycles. The van der Waals surface area contributed by atoms with Gasteiger partial charge in [-0.25, -0.2) is 4.79 Å². The first kappa shape index (κ1) is 38.4. The summed E-state index contributed by atoms with van der Waals surface area (Å²) >= 11 is 2.54. The number of carbonyl (C=O) groups is 5. The number of rotatable bonds is 13. The number of carbonyl (C=O) groups excluding carboxylic acids is 5. The van der Waals surface area contributed by atoms with Crippen molar-refractivity contribution < 1.29 is 33.6 Å². The summed E-state index contributed by atoms with van der Waals surface area (Å²) in [6, 6.07) is 20.8. The van der Waals surface area contributed by atoms with Crippen LogP contribution in [0.5, 0.6) is 0 Å². The Hall–Kier alpha value is -5.80. The number of hydrogen-bond donors (Lipinski definition) is 3. The van der Waals surface area contributed by atoms with E-state index >= 15 is 0 Å². The number of nitro benzene ring substituents is 1. The van der Waals surface area contributed by atoms with E-state index in [2.05, 4.69) is 16.0 Å². The van der Waals surface area contributed by atoms with E-state index in [4.69, 9.17) is 4.74 Å². The van der Waals surface area contributed by atoms with E-state index in [1.54, 1.807) is 66.4 Å². The molecule has 1 atom stereocenters. The lowest BCUT2D eigenvalue weighted by atomic mass is 10.0. The van der Waals surface area contributed by atoms with Gasteiger partial charge in [0.25, 0.3) is 17.5 Å². The summed E-state index contributed by atoms with van der Waals surface area (Å²) in [6.07, 6.45) is 2.33. The highest BCUT2D eigenvalue weighted by Crippen LogP contribution is 2.39. The highest BCUT2D eigenvalue weighted by Gasteiger charge is 2.31. The molecule has 4 aromatic rings. The van der Waals surface area contributed by atoms with E-state index in [9.17, 15) is 34.1 Å². The average molecular weight is 756 g/mol. The lowest BCUT2D eigenvalue weighted by molar-refractivity contribution is -0.384. The smallest absolute Gasteiger partial charge is 0.341 e. The van der Waals surface area contributed by atoms with E-state index in [1.165, 1.54) is 60.4 Å². The number of nitrogens with zero attached hydrogens (tertiary/aromatic N) is 2. The van der Waals surface area contributed by atoms with Gasteiger partial charge in [0.15, 0.2) is 0 Å². The molecule has 3 aromatic carbocycles. The Morgan fingerprint density at radius 2 is 1.74 bits per heavy atom. The van der Waals surface area contributed by atoms with Crippen molar-refractivity contribution in [1.82, 2.24) is 10.2 Å². The second-order valence-electron chi connectivity index (χ2n) is 11.8. The van der Waals surface area contributed by atoms with Crippen molar-refractivity contribution in [3.63, 3.8) is 0 Å². The number of anilines is 2. The third-order valence-electron chi connectivity index (χ3n) is 8.20. The third kappa shape index (κ3) is 9.75.